The number of nitrogens with zero attached hydrogens (tertiary/aromatic N) is 3. The fourth-order valence-electron chi connectivity index (χ4n) is 3.79. The first-order valence-electron chi connectivity index (χ1n) is 10.0. The lowest BCUT2D eigenvalue weighted by Crippen LogP contribution is -2.52. The van der Waals surface area contributed by atoms with Crippen molar-refractivity contribution in [2.24, 2.45) is 10.9 Å². The van der Waals surface area contributed by atoms with Gasteiger partial charge >= 0.3 is 0 Å². The molecule has 0 saturated carbocycles. The number of carbonyl (C=O) groups is 1. The van der Waals surface area contributed by atoms with Crippen LogP contribution in [-0.4, -0.2) is 74.7 Å². The largest absolute Gasteiger partial charge is 0.378 e. The van der Waals surface area contributed by atoms with Gasteiger partial charge in [-0.25, -0.2) is 4.99 Å². The predicted octanol–water partition coefficient (Wildman–Crippen LogP) is 2.38. The minimum Gasteiger partial charge on any atom is -0.378 e. The van der Waals surface area contributed by atoms with E-state index in [0.717, 1.165) is 51.5 Å². The maximum atomic E-state index is 12.0. The lowest BCUT2D eigenvalue weighted by atomic mass is 9.88. The van der Waals surface area contributed by atoms with Crippen LogP contribution in [0.2, 0.25) is 0 Å². The highest BCUT2D eigenvalue weighted by atomic mass is 127. The normalized spacial score (nSPS) is 22.1. The van der Waals surface area contributed by atoms with E-state index in [1.54, 1.807) is 19.0 Å². The van der Waals surface area contributed by atoms with Crippen molar-refractivity contribution in [2.75, 3.05) is 46.9 Å². The number of rotatable bonds is 5. The van der Waals surface area contributed by atoms with E-state index in [2.05, 4.69) is 39.5 Å². The van der Waals surface area contributed by atoms with E-state index in [9.17, 15) is 4.79 Å². The van der Waals surface area contributed by atoms with Crippen molar-refractivity contribution >= 4 is 35.8 Å². The molecule has 6 nitrogen and oxygen atoms in total. The molecule has 28 heavy (non-hydrogen) atoms. The fourth-order valence-corrected chi connectivity index (χ4v) is 3.79. The second kappa shape index (κ2) is 11.6. The SMILES string of the molecule is CN(C)C(=O)CN=C(NCCc1ccccc1)N1CCC2OCCCC2C1.I. The molecule has 1 aromatic rings. The number of likely N-dealkylation sites (tertiary alicyclic amines) is 1. The quantitative estimate of drug-likeness (QED) is 0.384. The van der Waals surface area contributed by atoms with Gasteiger partial charge in [-0.05, 0) is 31.2 Å². The Labute approximate surface area is 185 Å². The van der Waals surface area contributed by atoms with E-state index in [0.29, 0.717) is 12.0 Å². The molecular weight excluding hydrogens is 467 g/mol. The Morgan fingerprint density at radius 1 is 1.29 bits per heavy atom. The van der Waals surface area contributed by atoms with Crippen molar-refractivity contribution in [2.45, 2.75) is 31.8 Å². The lowest BCUT2D eigenvalue weighted by molar-refractivity contribution is -0.127. The van der Waals surface area contributed by atoms with Gasteiger partial charge in [-0.3, -0.25) is 4.79 Å². The molecule has 1 aromatic carbocycles. The second-order valence-corrected chi connectivity index (χ2v) is 7.64. The summed E-state index contributed by atoms with van der Waals surface area (Å²) in [6.07, 6.45) is 4.72. The summed E-state index contributed by atoms with van der Waals surface area (Å²) in [6.45, 7) is 3.77. The third kappa shape index (κ3) is 6.62. The second-order valence-electron chi connectivity index (χ2n) is 7.64. The molecule has 3 rings (SSSR count). The van der Waals surface area contributed by atoms with Crippen molar-refractivity contribution in [3.63, 3.8) is 0 Å². The van der Waals surface area contributed by atoms with Gasteiger partial charge in [0, 0.05) is 46.3 Å². The molecule has 0 radical (unpaired) electrons. The molecule has 1 amide bonds. The number of hydrogen-bond acceptors (Lipinski definition) is 3. The van der Waals surface area contributed by atoms with Gasteiger partial charge in [0.25, 0.3) is 0 Å². The molecule has 2 fully saturated rings. The van der Waals surface area contributed by atoms with Crippen LogP contribution in [-0.2, 0) is 16.0 Å². The molecule has 2 saturated heterocycles. The predicted molar refractivity (Wildman–Crippen MR) is 123 cm³/mol. The molecule has 2 aliphatic rings. The van der Waals surface area contributed by atoms with E-state index in [-0.39, 0.29) is 36.4 Å². The van der Waals surface area contributed by atoms with Crippen molar-refractivity contribution < 1.29 is 9.53 Å². The summed E-state index contributed by atoms with van der Waals surface area (Å²) in [7, 11) is 3.54. The molecule has 7 heteroatoms. The van der Waals surface area contributed by atoms with Gasteiger partial charge in [0.1, 0.15) is 6.54 Å². The van der Waals surface area contributed by atoms with Crippen LogP contribution in [0.3, 0.4) is 0 Å². The molecule has 0 aromatic heterocycles. The average molecular weight is 500 g/mol. The Hall–Kier alpha value is -1.35. The Morgan fingerprint density at radius 2 is 2.07 bits per heavy atom. The van der Waals surface area contributed by atoms with Crippen LogP contribution in [0, 0.1) is 5.92 Å². The van der Waals surface area contributed by atoms with Crippen LogP contribution in [0.25, 0.3) is 0 Å². The van der Waals surface area contributed by atoms with Crippen LogP contribution in [0.4, 0.5) is 0 Å². The Bertz CT molecular complexity index is 639. The number of carbonyl (C=O) groups excluding carboxylic acids is 1. The van der Waals surface area contributed by atoms with E-state index >= 15 is 0 Å². The lowest BCUT2D eigenvalue weighted by Gasteiger charge is -2.42. The third-order valence-corrected chi connectivity index (χ3v) is 5.42. The molecular formula is C21H33IN4O2. The first-order valence-corrected chi connectivity index (χ1v) is 10.0. The molecule has 2 atom stereocenters. The molecule has 2 unspecified atom stereocenters. The highest BCUT2D eigenvalue weighted by Crippen LogP contribution is 2.28. The summed E-state index contributed by atoms with van der Waals surface area (Å²) in [4.78, 5) is 20.5. The van der Waals surface area contributed by atoms with Gasteiger partial charge in [-0.2, -0.15) is 0 Å². The van der Waals surface area contributed by atoms with E-state index in [1.165, 1.54) is 12.0 Å². The van der Waals surface area contributed by atoms with Crippen LogP contribution in [0.5, 0.6) is 0 Å². The fraction of sp³-hybridized carbons (Fsp3) is 0.619. The molecule has 2 heterocycles. The molecule has 0 spiro atoms. The maximum absolute atomic E-state index is 12.0. The third-order valence-electron chi connectivity index (χ3n) is 5.42. The minimum absolute atomic E-state index is 0. The van der Waals surface area contributed by atoms with Gasteiger partial charge in [-0.1, -0.05) is 30.3 Å². The van der Waals surface area contributed by atoms with Crippen molar-refractivity contribution in [1.82, 2.24) is 15.1 Å². The summed E-state index contributed by atoms with van der Waals surface area (Å²) in [5.74, 6) is 1.44. The van der Waals surface area contributed by atoms with Gasteiger partial charge in [0.2, 0.25) is 5.91 Å². The number of benzene rings is 1. The van der Waals surface area contributed by atoms with Gasteiger partial charge in [0.05, 0.1) is 6.10 Å². The zero-order chi connectivity index (χ0) is 19.1. The minimum atomic E-state index is 0. The number of guanidine groups is 1. The van der Waals surface area contributed by atoms with Crippen molar-refractivity contribution in [3.05, 3.63) is 35.9 Å². The summed E-state index contributed by atoms with van der Waals surface area (Å²) in [5, 5.41) is 3.49. The monoisotopic (exact) mass is 500 g/mol. The molecule has 156 valence electrons. The summed E-state index contributed by atoms with van der Waals surface area (Å²) < 4.78 is 5.93. The number of amides is 1. The van der Waals surface area contributed by atoms with Gasteiger partial charge in [0.15, 0.2) is 5.96 Å². The Kier molecular flexibility index (Phi) is 9.50. The number of hydrogen-bond donors (Lipinski definition) is 1. The van der Waals surface area contributed by atoms with Crippen molar-refractivity contribution in [3.8, 4) is 0 Å². The van der Waals surface area contributed by atoms with E-state index in [4.69, 9.17) is 4.74 Å². The smallest absolute Gasteiger partial charge is 0.243 e. The van der Waals surface area contributed by atoms with Crippen LogP contribution >= 0.6 is 24.0 Å². The average Bonchev–Trinajstić information content (AvgIpc) is 2.70. The summed E-state index contributed by atoms with van der Waals surface area (Å²) >= 11 is 0. The summed E-state index contributed by atoms with van der Waals surface area (Å²) in [6, 6.07) is 10.4. The highest BCUT2D eigenvalue weighted by Gasteiger charge is 2.33. The van der Waals surface area contributed by atoms with Crippen LogP contribution in [0.15, 0.2) is 35.3 Å². The summed E-state index contributed by atoms with van der Waals surface area (Å²) in [5.41, 5.74) is 1.30. The number of ether oxygens (including phenoxy) is 1. The van der Waals surface area contributed by atoms with Crippen LogP contribution < -0.4 is 5.32 Å². The molecule has 2 aliphatic heterocycles. The Morgan fingerprint density at radius 3 is 2.82 bits per heavy atom. The molecule has 1 N–H and O–H groups in total. The highest BCUT2D eigenvalue weighted by molar-refractivity contribution is 14.0. The number of piperidine rings is 1. The number of likely N-dealkylation sites (N-methyl/N-ethyl adjacent to an activating group) is 1. The van der Waals surface area contributed by atoms with E-state index in [1.807, 2.05) is 6.07 Å². The zero-order valence-electron chi connectivity index (χ0n) is 17.0. The topological polar surface area (TPSA) is 57.2 Å². The molecule has 0 bridgehead atoms. The van der Waals surface area contributed by atoms with Crippen molar-refractivity contribution in [1.29, 1.82) is 0 Å². The number of nitrogens with one attached hydrogen (secondary N) is 1. The Balaban J connectivity index is 0.00000280. The van der Waals surface area contributed by atoms with E-state index < -0.39 is 0 Å². The van der Waals surface area contributed by atoms with Crippen LogP contribution in [0.1, 0.15) is 24.8 Å². The number of aliphatic imine (C=N–C) groups is 1. The first-order chi connectivity index (χ1) is 13.1. The maximum Gasteiger partial charge on any atom is 0.243 e. The van der Waals surface area contributed by atoms with Gasteiger partial charge in [-0.15, -0.1) is 24.0 Å². The standard InChI is InChI=1S/C21H32N4O2.HI/c1-24(2)20(26)15-23-21(22-12-10-17-7-4-3-5-8-17)25-13-11-19-18(16-25)9-6-14-27-19;/h3-5,7-8,18-19H,6,9-16H2,1-2H3,(H,22,23);1H. The number of halogens is 1. The number of fused-ring (bicyclic) bond motifs is 1. The first kappa shape index (κ1) is 22.9. The molecule has 0 aliphatic carbocycles. The van der Waals surface area contributed by atoms with Gasteiger partial charge < -0.3 is 19.9 Å². The zero-order valence-corrected chi connectivity index (χ0v) is 19.3.